The molecule has 3 nitrogen and oxygen atoms in total. The first-order chi connectivity index (χ1) is 19.4. The molecule has 4 aromatic rings. The molecule has 5 heteroatoms. The van der Waals surface area contributed by atoms with Gasteiger partial charge in [-0.15, -0.1) is 0 Å². The number of fused-ring (bicyclic) bond motifs is 2. The summed E-state index contributed by atoms with van der Waals surface area (Å²) in [7, 11) is 0. The second kappa shape index (κ2) is 11.1. The van der Waals surface area contributed by atoms with Crippen molar-refractivity contribution in [3.63, 3.8) is 0 Å². The van der Waals surface area contributed by atoms with Gasteiger partial charge in [0.05, 0.1) is 5.56 Å². The van der Waals surface area contributed by atoms with Crippen molar-refractivity contribution in [2.45, 2.75) is 55.2 Å². The van der Waals surface area contributed by atoms with Gasteiger partial charge in [0.15, 0.2) is 11.6 Å². The Bertz CT molecular complexity index is 1600. The van der Waals surface area contributed by atoms with E-state index in [4.69, 9.17) is 0 Å². The number of ketones is 2. The summed E-state index contributed by atoms with van der Waals surface area (Å²) in [5.41, 5.74) is 4.95. The van der Waals surface area contributed by atoms with E-state index >= 15 is 4.39 Å². The Hall–Kier alpha value is -3.70. The zero-order valence-electron chi connectivity index (χ0n) is 22.8. The van der Waals surface area contributed by atoms with E-state index in [9.17, 15) is 9.59 Å². The fraction of sp³-hybridized carbons (Fsp3) is 0.257. The molecular weight excluding hydrogens is 517 g/mol. The van der Waals surface area contributed by atoms with Gasteiger partial charge >= 0.3 is 0 Å². The number of hydrogen-bond donors (Lipinski definition) is 1. The van der Waals surface area contributed by atoms with Crippen molar-refractivity contribution in [3.8, 4) is 11.1 Å². The molecule has 0 heterocycles. The van der Waals surface area contributed by atoms with Gasteiger partial charge in [0.1, 0.15) is 5.82 Å². The topological polar surface area (TPSA) is 46.2 Å². The molecule has 6 rings (SSSR count). The van der Waals surface area contributed by atoms with E-state index in [0.29, 0.717) is 46.0 Å². The molecule has 202 valence electrons. The molecule has 0 unspecified atom stereocenters. The molecule has 2 aliphatic carbocycles. The Morgan fingerprint density at radius 3 is 2.17 bits per heavy atom. The smallest absolute Gasteiger partial charge is 0.196 e. The SMILES string of the molecule is CCNc1cccc2c1C(=O)c1cccc(Sc3ccc(-c4ccc(C5CCC(C)CC5)cc4F)cc3)c1C2=O. The van der Waals surface area contributed by atoms with Crippen molar-refractivity contribution in [1.82, 2.24) is 0 Å². The van der Waals surface area contributed by atoms with Gasteiger partial charge in [-0.3, -0.25) is 9.59 Å². The van der Waals surface area contributed by atoms with Gasteiger partial charge in [-0.2, -0.15) is 0 Å². The second-order valence-electron chi connectivity index (χ2n) is 10.9. The van der Waals surface area contributed by atoms with E-state index < -0.39 is 0 Å². The monoisotopic (exact) mass is 549 g/mol. The zero-order chi connectivity index (χ0) is 27.8. The minimum Gasteiger partial charge on any atom is -0.385 e. The lowest BCUT2D eigenvalue weighted by molar-refractivity contribution is 0.0977. The van der Waals surface area contributed by atoms with Gasteiger partial charge in [0.25, 0.3) is 0 Å². The molecule has 0 atom stereocenters. The number of hydrogen-bond acceptors (Lipinski definition) is 4. The lowest BCUT2D eigenvalue weighted by Crippen LogP contribution is -2.23. The molecule has 1 saturated carbocycles. The van der Waals surface area contributed by atoms with Crippen LogP contribution in [0.2, 0.25) is 0 Å². The highest BCUT2D eigenvalue weighted by molar-refractivity contribution is 7.99. The van der Waals surface area contributed by atoms with Gasteiger partial charge < -0.3 is 5.32 Å². The number of benzene rings is 4. The number of carbonyl (C=O) groups excluding carboxylic acids is 2. The highest BCUT2D eigenvalue weighted by Gasteiger charge is 2.33. The van der Waals surface area contributed by atoms with Gasteiger partial charge in [-0.25, -0.2) is 4.39 Å². The lowest BCUT2D eigenvalue weighted by atomic mass is 9.79. The van der Waals surface area contributed by atoms with Crippen LogP contribution in [0.3, 0.4) is 0 Å². The third-order valence-electron chi connectivity index (χ3n) is 8.27. The van der Waals surface area contributed by atoms with Crippen LogP contribution in [0, 0.1) is 11.7 Å². The minimum absolute atomic E-state index is 0.138. The van der Waals surface area contributed by atoms with Crippen LogP contribution in [0.5, 0.6) is 0 Å². The van der Waals surface area contributed by atoms with E-state index in [1.54, 1.807) is 18.2 Å². The van der Waals surface area contributed by atoms with Gasteiger partial charge in [-0.05, 0) is 73.1 Å². The van der Waals surface area contributed by atoms with Crippen molar-refractivity contribution >= 4 is 29.0 Å². The maximum atomic E-state index is 15.2. The molecule has 0 aliphatic heterocycles. The summed E-state index contributed by atoms with van der Waals surface area (Å²) in [6, 6.07) is 24.2. The van der Waals surface area contributed by atoms with Crippen LogP contribution in [0.15, 0.2) is 88.7 Å². The average molecular weight is 550 g/mol. The second-order valence-corrected chi connectivity index (χ2v) is 12.0. The summed E-state index contributed by atoms with van der Waals surface area (Å²) in [5, 5.41) is 3.21. The molecule has 40 heavy (non-hydrogen) atoms. The Balaban J connectivity index is 1.25. The molecule has 0 bridgehead atoms. The summed E-state index contributed by atoms with van der Waals surface area (Å²) < 4.78 is 15.2. The molecule has 0 spiro atoms. The van der Waals surface area contributed by atoms with E-state index in [2.05, 4.69) is 18.3 Å². The number of carbonyl (C=O) groups is 2. The van der Waals surface area contributed by atoms with Crippen LogP contribution in [0.4, 0.5) is 10.1 Å². The molecule has 0 aromatic heterocycles. The molecule has 2 aliphatic rings. The molecule has 1 fully saturated rings. The summed E-state index contributed by atoms with van der Waals surface area (Å²) in [6.07, 6.45) is 4.68. The van der Waals surface area contributed by atoms with E-state index in [-0.39, 0.29) is 17.4 Å². The first-order valence-electron chi connectivity index (χ1n) is 14.1. The minimum atomic E-state index is -0.187. The predicted molar refractivity (Wildman–Crippen MR) is 160 cm³/mol. The van der Waals surface area contributed by atoms with Gasteiger partial charge in [0.2, 0.25) is 0 Å². The third-order valence-corrected chi connectivity index (χ3v) is 9.34. The highest BCUT2D eigenvalue weighted by Crippen LogP contribution is 2.40. The fourth-order valence-electron chi connectivity index (χ4n) is 6.08. The lowest BCUT2D eigenvalue weighted by Gasteiger charge is -2.26. The molecule has 1 N–H and O–H groups in total. The number of rotatable bonds is 6. The van der Waals surface area contributed by atoms with E-state index in [1.807, 2.05) is 61.5 Å². The Kier molecular flexibility index (Phi) is 7.33. The van der Waals surface area contributed by atoms with E-state index in [1.165, 1.54) is 24.6 Å². The predicted octanol–water partition coefficient (Wildman–Crippen LogP) is 9.14. The first-order valence-corrected chi connectivity index (χ1v) is 14.9. The Labute approximate surface area is 239 Å². The largest absolute Gasteiger partial charge is 0.385 e. The van der Waals surface area contributed by atoms with Crippen LogP contribution in [-0.4, -0.2) is 18.1 Å². The van der Waals surface area contributed by atoms with Crippen molar-refractivity contribution in [3.05, 3.63) is 112 Å². The first kappa shape index (κ1) is 26.5. The Morgan fingerprint density at radius 2 is 1.48 bits per heavy atom. The molecule has 0 amide bonds. The standard InChI is InChI=1S/C35H32FNO2S/c1-3-37-30-8-4-6-27-32(30)34(38)28-7-5-9-31(33(28)35(27)39)40-25-17-14-23(15-18-25)26-19-16-24(20-29(26)36)22-12-10-21(2)11-13-22/h4-9,14-22,37H,3,10-13H2,1-2H3. The maximum Gasteiger partial charge on any atom is 0.196 e. The maximum absolute atomic E-state index is 15.2. The Morgan fingerprint density at radius 1 is 0.800 bits per heavy atom. The van der Waals surface area contributed by atoms with Gasteiger partial charge in [0, 0.05) is 44.3 Å². The van der Waals surface area contributed by atoms with Crippen molar-refractivity contribution in [1.29, 1.82) is 0 Å². The zero-order valence-corrected chi connectivity index (χ0v) is 23.6. The van der Waals surface area contributed by atoms with E-state index in [0.717, 1.165) is 39.7 Å². The average Bonchev–Trinajstić information content (AvgIpc) is 2.97. The quantitative estimate of drug-likeness (QED) is 0.229. The van der Waals surface area contributed by atoms with Crippen LogP contribution in [0.25, 0.3) is 11.1 Å². The molecule has 4 aromatic carbocycles. The summed E-state index contributed by atoms with van der Waals surface area (Å²) >= 11 is 1.44. The van der Waals surface area contributed by atoms with Crippen LogP contribution in [-0.2, 0) is 0 Å². The highest BCUT2D eigenvalue weighted by atomic mass is 32.2. The molecule has 0 radical (unpaired) electrons. The number of anilines is 1. The number of halogens is 1. The van der Waals surface area contributed by atoms with Crippen molar-refractivity contribution in [2.75, 3.05) is 11.9 Å². The van der Waals surface area contributed by atoms with Crippen LogP contribution in [0.1, 0.15) is 82.9 Å². The van der Waals surface area contributed by atoms with Crippen molar-refractivity contribution < 1.29 is 14.0 Å². The normalized spacial score (nSPS) is 18.3. The summed E-state index contributed by atoms with van der Waals surface area (Å²) in [4.78, 5) is 28.8. The van der Waals surface area contributed by atoms with Crippen LogP contribution >= 0.6 is 11.8 Å². The van der Waals surface area contributed by atoms with Gasteiger partial charge in [-0.1, -0.05) is 80.1 Å². The molecule has 0 saturated heterocycles. The fourth-order valence-corrected chi connectivity index (χ4v) is 7.05. The van der Waals surface area contributed by atoms with Crippen LogP contribution < -0.4 is 5.32 Å². The van der Waals surface area contributed by atoms with Crippen molar-refractivity contribution in [2.24, 2.45) is 5.92 Å². The summed E-state index contributed by atoms with van der Waals surface area (Å²) in [6.45, 7) is 4.92. The number of nitrogens with one attached hydrogen (secondary N) is 1. The third kappa shape index (κ3) is 4.88. The summed E-state index contributed by atoms with van der Waals surface area (Å²) in [5.74, 6) is 0.752. The molecular formula is C35H32FNO2S.